The molecule has 1 heteroatoms. The highest BCUT2D eigenvalue weighted by Gasteiger charge is 2.08. The van der Waals surface area contributed by atoms with Crippen LogP contribution in [0.15, 0.2) is 59.5 Å². The highest BCUT2D eigenvalue weighted by molar-refractivity contribution is 5.91. The number of rotatable bonds is 2. The Morgan fingerprint density at radius 2 is 1.78 bits per heavy atom. The molecule has 3 rings (SSSR count). The Morgan fingerprint density at radius 3 is 2.50 bits per heavy atom. The maximum atomic E-state index is 5.78. The number of hydrogen-bond donors (Lipinski definition) is 0. The van der Waals surface area contributed by atoms with Gasteiger partial charge in [-0.15, -0.1) is 0 Å². The van der Waals surface area contributed by atoms with Gasteiger partial charge in [0, 0.05) is 10.9 Å². The van der Waals surface area contributed by atoms with Crippen molar-refractivity contribution in [3.05, 3.63) is 66.4 Å². The third-order valence-electron chi connectivity index (χ3n) is 3.23. The predicted octanol–water partition coefficient (Wildman–Crippen LogP) is 5.05. The molecule has 0 saturated carbocycles. The van der Waals surface area contributed by atoms with Crippen molar-refractivity contribution in [1.82, 2.24) is 0 Å². The fourth-order valence-corrected chi connectivity index (χ4v) is 2.30. The van der Waals surface area contributed by atoms with Crippen LogP contribution < -0.4 is 0 Å². The van der Waals surface area contributed by atoms with Crippen molar-refractivity contribution < 1.29 is 4.42 Å². The van der Waals surface area contributed by atoms with E-state index in [0.29, 0.717) is 0 Å². The van der Waals surface area contributed by atoms with Crippen LogP contribution in [0.2, 0.25) is 0 Å². The van der Waals surface area contributed by atoms with E-state index in [0.717, 1.165) is 22.3 Å². The number of aryl methyl sites for hydroxylation is 1. The molecule has 0 saturated heterocycles. The molecular weight excluding hydrogens is 220 g/mol. The van der Waals surface area contributed by atoms with E-state index in [2.05, 4.69) is 36.9 Å². The van der Waals surface area contributed by atoms with Crippen LogP contribution in [0.5, 0.6) is 0 Å². The summed E-state index contributed by atoms with van der Waals surface area (Å²) in [6.45, 7) is 5.81. The molecule has 0 unspecified atom stereocenters. The summed E-state index contributed by atoms with van der Waals surface area (Å²) < 4.78 is 5.78. The van der Waals surface area contributed by atoms with E-state index < -0.39 is 0 Å². The van der Waals surface area contributed by atoms with E-state index >= 15 is 0 Å². The molecule has 0 atom stereocenters. The van der Waals surface area contributed by atoms with Crippen molar-refractivity contribution in [3.63, 3.8) is 0 Å². The molecule has 0 spiro atoms. The second-order valence-electron chi connectivity index (χ2n) is 4.35. The summed E-state index contributed by atoms with van der Waals surface area (Å²) in [7, 11) is 0. The van der Waals surface area contributed by atoms with Crippen LogP contribution >= 0.6 is 0 Å². The molecule has 1 aromatic heterocycles. The van der Waals surface area contributed by atoms with E-state index in [1.807, 2.05) is 31.2 Å². The molecule has 0 aliphatic rings. The molecular formula is C17H14O. The van der Waals surface area contributed by atoms with Crippen LogP contribution in [0.3, 0.4) is 0 Å². The van der Waals surface area contributed by atoms with Gasteiger partial charge in [0.2, 0.25) is 0 Å². The van der Waals surface area contributed by atoms with Gasteiger partial charge < -0.3 is 4.42 Å². The Morgan fingerprint density at radius 1 is 1.00 bits per heavy atom. The first-order valence-corrected chi connectivity index (χ1v) is 6.00. The second kappa shape index (κ2) is 4.19. The predicted molar refractivity (Wildman–Crippen MR) is 76.5 cm³/mol. The van der Waals surface area contributed by atoms with Gasteiger partial charge in [0.1, 0.15) is 11.3 Å². The molecule has 0 fully saturated rings. The fourth-order valence-electron chi connectivity index (χ4n) is 2.30. The SMILES string of the molecule is C=Cc1c(C)oc2cc(-c3ccccc3)ccc12. The van der Waals surface area contributed by atoms with E-state index in [-0.39, 0.29) is 0 Å². The minimum absolute atomic E-state index is 0.920. The summed E-state index contributed by atoms with van der Waals surface area (Å²) in [5.74, 6) is 0.921. The molecule has 0 aliphatic heterocycles. The van der Waals surface area contributed by atoms with Crippen LogP contribution in [0.1, 0.15) is 11.3 Å². The van der Waals surface area contributed by atoms with Gasteiger partial charge >= 0.3 is 0 Å². The summed E-state index contributed by atoms with van der Waals surface area (Å²) in [5, 5.41) is 1.13. The zero-order valence-corrected chi connectivity index (χ0v) is 10.3. The largest absolute Gasteiger partial charge is 0.461 e. The van der Waals surface area contributed by atoms with Crippen molar-refractivity contribution in [2.24, 2.45) is 0 Å². The van der Waals surface area contributed by atoms with E-state index in [4.69, 9.17) is 4.42 Å². The number of fused-ring (bicyclic) bond motifs is 1. The average Bonchev–Trinajstić information content (AvgIpc) is 2.74. The van der Waals surface area contributed by atoms with Crippen LogP contribution in [0, 0.1) is 6.92 Å². The smallest absolute Gasteiger partial charge is 0.135 e. The Bertz CT molecular complexity index is 705. The zero-order valence-electron chi connectivity index (χ0n) is 10.3. The van der Waals surface area contributed by atoms with Crippen molar-refractivity contribution in [3.8, 4) is 11.1 Å². The third-order valence-corrected chi connectivity index (χ3v) is 3.23. The van der Waals surface area contributed by atoms with E-state index in [9.17, 15) is 0 Å². The van der Waals surface area contributed by atoms with Crippen molar-refractivity contribution >= 4 is 17.0 Å². The quantitative estimate of drug-likeness (QED) is 0.604. The molecule has 2 aromatic carbocycles. The lowest BCUT2D eigenvalue weighted by Gasteiger charge is -2.00. The Labute approximate surface area is 106 Å². The highest BCUT2D eigenvalue weighted by Crippen LogP contribution is 2.30. The highest BCUT2D eigenvalue weighted by atomic mass is 16.3. The van der Waals surface area contributed by atoms with E-state index in [1.54, 1.807) is 0 Å². The first-order valence-electron chi connectivity index (χ1n) is 6.00. The molecule has 3 aromatic rings. The van der Waals surface area contributed by atoms with Crippen LogP contribution in [-0.2, 0) is 0 Å². The monoisotopic (exact) mass is 234 g/mol. The maximum absolute atomic E-state index is 5.78. The summed E-state index contributed by atoms with van der Waals surface area (Å²) in [5.41, 5.74) is 4.38. The molecule has 0 radical (unpaired) electrons. The first kappa shape index (κ1) is 10.8. The topological polar surface area (TPSA) is 13.1 Å². The lowest BCUT2D eigenvalue weighted by Crippen LogP contribution is -1.77. The van der Waals surface area contributed by atoms with Crippen LogP contribution in [-0.4, -0.2) is 0 Å². The Kier molecular flexibility index (Phi) is 2.52. The third kappa shape index (κ3) is 1.65. The Balaban J connectivity index is 2.21. The van der Waals surface area contributed by atoms with Gasteiger partial charge in [0.25, 0.3) is 0 Å². The molecule has 1 heterocycles. The molecule has 1 nitrogen and oxygen atoms in total. The molecule has 0 N–H and O–H groups in total. The number of furan rings is 1. The standard InChI is InChI=1S/C17H14O/c1-3-15-12(2)18-17-11-14(9-10-16(15)17)13-7-5-4-6-8-13/h3-11H,1H2,2H3. The van der Waals surface area contributed by atoms with Gasteiger partial charge in [-0.25, -0.2) is 0 Å². The molecule has 0 amide bonds. The van der Waals surface area contributed by atoms with Crippen molar-refractivity contribution in [2.75, 3.05) is 0 Å². The number of benzene rings is 2. The van der Waals surface area contributed by atoms with Crippen molar-refractivity contribution in [1.29, 1.82) is 0 Å². The molecule has 0 bridgehead atoms. The van der Waals surface area contributed by atoms with Gasteiger partial charge in [-0.1, -0.05) is 49.1 Å². The summed E-state index contributed by atoms with van der Waals surface area (Å²) >= 11 is 0. The summed E-state index contributed by atoms with van der Waals surface area (Å²) in [4.78, 5) is 0. The van der Waals surface area contributed by atoms with Crippen molar-refractivity contribution in [2.45, 2.75) is 6.92 Å². The van der Waals surface area contributed by atoms with Gasteiger partial charge in [-0.3, -0.25) is 0 Å². The van der Waals surface area contributed by atoms with Crippen LogP contribution in [0.4, 0.5) is 0 Å². The second-order valence-corrected chi connectivity index (χ2v) is 4.35. The normalized spacial score (nSPS) is 10.7. The summed E-state index contributed by atoms with van der Waals surface area (Å²) in [6.07, 6.45) is 1.85. The van der Waals surface area contributed by atoms with Gasteiger partial charge in [0.15, 0.2) is 0 Å². The first-order chi connectivity index (χ1) is 8.79. The minimum atomic E-state index is 0.920. The molecule has 88 valence electrons. The maximum Gasteiger partial charge on any atom is 0.135 e. The lowest BCUT2D eigenvalue weighted by atomic mass is 10.0. The molecule has 18 heavy (non-hydrogen) atoms. The van der Waals surface area contributed by atoms with Gasteiger partial charge in [-0.2, -0.15) is 0 Å². The number of hydrogen-bond acceptors (Lipinski definition) is 1. The van der Waals surface area contributed by atoms with E-state index in [1.165, 1.54) is 11.1 Å². The van der Waals surface area contributed by atoms with Crippen LogP contribution in [0.25, 0.3) is 28.2 Å². The fraction of sp³-hybridized carbons (Fsp3) is 0.0588. The van der Waals surface area contributed by atoms with Gasteiger partial charge in [-0.05, 0) is 30.2 Å². The summed E-state index contributed by atoms with van der Waals surface area (Å²) in [6, 6.07) is 16.6. The zero-order chi connectivity index (χ0) is 12.5. The van der Waals surface area contributed by atoms with Gasteiger partial charge in [0.05, 0.1) is 0 Å². The minimum Gasteiger partial charge on any atom is -0.461 e. The average molecular weight is 234 g/mol. The Hall–Kier alpha value is -2.28. The molecule has 0 aliphatic carbocycles. The lowest BCUT2D eigenvalue weighted by molar-refractivity contribution is 0.577.